The molecule has 4 aromatic rings. The number of benzene rings is 4. The summed E-state index contributed by atoms with van der Waals surface area (Å²) < 4.78 is 0. The Morgan fingerprint density at radius 3 is 1.80 bits per heavy atom. The van der Waals surface area contributed by atoms with Crippen molar-refractivity contribution < 1.29 is 19.2 Å². The van der Waals surface area contributed by atoms with Crippen LogP contribution in [0, 0.1) is 13.8 Å². The summed E-state index contributed by atoms with van der Waals surface area (Å²) in [4.78, 5) is 51.7. The van der Waals surface area contributed by atoms with Crippen LogP contribution in [0.2, 0.25) is 0 Å². The highest BCUT2D eigenvalue weighted by molar-refractivity contribution is 5.95. The van der Waals surface area contributed by atoms with Gasteiger partial charge in [0.25, 0.3) is 5.91 Å². The zero-order valence-corrected chi connectivity index (χ0v) is 26.3. The van der Waals surface area contributed by atoms with Gasteiger partial charge in [0, 0.05) is 42.7 Å². The van der Waals surface area contributed by atoms with Crippen LogP contribution in [0.25, 0.3) is 0 Å². The van der Waals surface area contributed by atoms with Gasteiger partial charge in [-0.3, -0.25) is 19.2 Å². The normalized spacial score (nSPS) is 10.6. The summed E-state index contributed by atoms with van der Waals surface area (Å²) in [6.45, 7) is 6.82. The van der Waals surface area contributed by atoms with E-state index in [1.807, 2.05) is 72.5 Å². The molecule has 45 heavy (non-hydrogen) atoms. The van der Waals surface area contributed by atoms with E-state index in [0.717, 1.165) is 33.5 Å². The van der Waals surface area contributed by atoms with Crippen LogP contribution in [-0.2, 0) is 29.2 Å². The predicted octanol–water partition coefficient (Wildman–Crippen LogP) is 6.85. The number of nitrogens with zero attached hydrogens (tertiary/aromatic N) is 1. The van der Waals surface area contributed by atoms with Crippen molar-refractivity contribution >= 4 is 29.2 Å². The molecule has 232 valence electrons. The zero-order valence-electron chi connectivity index (χ0n) is 26.3. The van der Waals surface area contributed by atoms with Crippen molar-refractivity contribution in [2.24, 2.45) is 0 Å². The summed E-state index contributed by atoms with van der Waals surface area (Å²) in [6, 6.07) is 30.3. The Morgan fingerprint density at radius 2 is 1.18 bits per heavy atom. The van der Waals surface area contributed by atoms with Gasteiger partial charge in [-0.2, -0.15) is 0 Å². The molecule has 0 aliphatic carbocycles. The van der Waals surface area contributed by atoms with E-state index in [9.17, 15) is 19.2 Å². The molecule has 7 nitrogen and oxygen atoms in total. The molecule has 0 radical (unpaired) electrons. The molecule has 7 heteroatoms. The monoisotopic (exact) mass is 603 g/mol. The maximum Gasteiger partial charge on any atom is 0.251 e. The lowest BCUT2D eigenvalue weighted by Crippen LogP contribution is -2.31. The number of carbonyl (C=O) groups excluding carboxylic acids is 4. The molecule has 0 bridgehead atoms. The van der Waals surface area contributed by atoms with Gasteiger partial charge < -0.3 is 15.5 Å². The fraction of sp³-hybridized carbons (Fsp3) is 0.263. The molecule has 0 atom stereocenters. The number of hydrogen-bond donors (Lipinski definition) is 2. The Labute approximate surface area is 265 Å². The van der Waals surface area contributed by atoms with Gasteiger partial charge in [-0.15, -0.1) is 0 Å². The standard InChI is InChI=1S/C38H41N3O4/c1-27-10-4-6-12-34(27)26-41(35-13-7-5-11-28(35)2)37(44)15-9-8-14-36(43)39-24-30-18-22-33(23-19-30)38(45)40-25-31-16-20-32(21-17-31)29(3)42/h4-7,10-13,16-23H,8-9,14-15,24-26H2,1-3H3,(H,39,43)(H,40,45). The number of ketones is 1. The minimum atomic E-state index is -0.198. The first-order valence-corrected chi connectivity index (χ1v) is 15.4. The topological polar surface area (TPSA) is 95.6 Å². The van der Waals surface area contributed by atoms with E-state index in [1.54, 1.807) is 24.3 Å². The van der Waals surface area contributed by atoms with Crippen molar-refractivity contribution in [3.8, 4) is 0 Å². The second kappa shape index (κ2) is 16.1. The van der Waals surface area contributed by atoms with Gasteiger partial charge in [-0.1, -0.05) is 78.9 Å². The third-order valence-corrected chi connectivity index (χ3v) is 7.86. The number of unbranched alkanes of at least 4 members (excludes halogenated alkanes) is 1. The second-order valence-corrected chi connectivity index (χ2v) is 11.3. The molecule has 2 N–H and O–H groups in total. The van der Waals surface area contributed by atoms with Gasteiger partial charge in [0.1, 0.15) is 0 Å². The number of carbonyl (C=O) groups is 4. The number of rotatable bonds is 14. The number of Topliss-reactive ketones (excluding diaryl/α,β-unsaturated/α-hetero) is 1. The van der Waals surface area contributed by atoms with Gasteiger partial charge >= 0.3 is 0 Å². The van der Waals surface area contributed by atoms with E-state index in [1.165, 1.54) is 6.92 Å². The van der Waals surface area contributed by atoms with Crippen molar-refractivity contribution in [3.63, 3.8) is 0 Å². The number of amides is 3. The Bertz CT molecular complexity index is 1630. The van der Waals surface area contributed by atoms with Crippen molar-refractivity contribution in [2.45, 2.75) is 66.1 Å². The Kier molecular flexibility index (Phi) is 11.8. The molecular formula is C38H41N3O4. The first-order valence-electron chi connectivity index (χ1n) is 15.4. The lowest BCUT2D eigenvalue weighted by atomic mass is 10.1. The summed E-state index contributed by atoms with van der Waals surface area (Å²) in [5, 5.41) is 5.81. The number of hydrogen-bond acceptors (Lipinski definition) is 4. The smallest absolute Gasteiger partial charge is 0.251 e. The molecule has 0 heterocycles. The maximum absolute atomic E-state index is 13.4. The quantitative estimate of drug-likeness (QED) is 0.122. The predicted molar refractivity (Wildman–Crippen MR) is 178 cm³/mol. The van der Waals surface area contributed by atoms with Crippen molar-refractivity contribution in [1.82, 2.24) is 10.6 Å². The third kappa shape index (κ3) is 9.73. The molecule has 4 rings (SSSR count). The van der Waals surface area contributed by atoms with Crippen LogP contribution in [-0.4, -0.2) is 23.5 Å². The molecule has 3 amide bonds. The van der Waals surface area contributed by atoms with Gasteiger partial charge in [0.2, 0.25) is 11.8 Å². The second-order valence-electron chi connectivity index (χ2n) is 11.3. The SMILES string of the molecule is CC(=O)c1ccc(CNC(=O)c2ccc(CNC(=O)CCCCC(=O)N(Cc3ccccc3C)c3ccccc3C)cc2)cc1. The maximum atomic E-state index is 13.4. The van der Waals surface area contributed by atoms with Crippen molar-refractivity contribution in [2.75, 3.05) is 4.90 Å². The Morgan fingerprint density at radius 1 is 0.622 bits per heavy atom. The summed E-state index contributed by atoms with van der Waals surface area (Å²) >= 11 is 0. The van der Waals surface area contributed by atoms with Gasteiger partial charge in [0.15, 0.2) is 5.78 Å². The first-order chi connectivity index (χ1) is 21.7. The van der Waals surface area contributed by atoms with Crippen molar-refractivity contribution in [3.05, 3.63) is 136 Å². The van der Waals surface area contributed by atoms with Crippen molar-refractivity contribution in [1.29, 1.82) is 0 Å². The first kappa shape index (κ1) is 32.9. The van der Waals surface area contributed by atoms with Crippen LogP contribution >= 0.6 is 0 Å². The summed E-state index contributed by atoms with van der Waals surface area (Å²) in [5.41, 5.74) is 7.17. The van der Waals surface area contributed by atoms with E-state index in [2.05, 4.69) is 29.7 Å². The minimum absolute atomic E-state index is 0.00389. The lowest BCUT2D eigenvalue weighted by molar-refractivity contribution is -0.122. The Hall–Kier alpha value is -5.04. The lowest BCUT2D eigenvalue weighted by Gasteiger charge is -2.25. The van der Waals surface area contributed by atoms with E-state index in [0.29, 0.717) is 56.4 Å². The van der Waals surface area contributed by atoms with Crippen LogP contribution in [0.1, 0.15) is 81.1 Å². The summed E-state index contributed by atoms with van der Waals surface area (Å²) in [6.07, 6.45) is 1.93. The fourth-order valence-electron chi connectivity index (χ4n) is 5.03. The van der Waals surface area contributed by atoms with Crippen LogP contribution in [0.15, 0.2) is 97.1 Å². The van der Waals surface area contributed by atoms with Crippen LogP contribution in [0.3, 0.4) is 0 Å². The third-order valence-electron chi connectivity index (χ3n) is 7.86. The number of nitrogens with one attached hydrogen (secondary N) is 2. The number of para-hydroxylation sites is 1. The van der Waals surface area contributed by atoms with Gasteiger partial charge in [-0.05, 0) is 79.6 Å². The molecule has 0 unspecified atom stereocenters. The van der Waals surface area contributed by atoms with Crippen LogP contribution in [0.5, 0.6) is 0 Å². The van der Waals surface area contributed by atoms with Crippen LogP contribution in [0.4, 0.5) is 5.69 Å². The van der Waals surface area contributed by atoms with E-state index in [4.69, 9.17) is 0 Å². The largest absolute Gasteiger partial charge is 0.352 e. The van der Waals surface area contributed by atoms with Crippen LogP contribution < -0.4 is 15.5 Å². The molecule has 0 saturated carbocycles. The molecular weight excluding hydrogens is 562 g/mol. The van der Waals surface area contributed by atoms with Gasteiger partial charge in [-0.25, -0.2) is 0 Å². The summed E-state index contributed by atoms with van der Waals surface area (Å²) in [5.74, 6) is -0.224. The van der Waals surface area contributed by atoms with E-state index >= 15 is 0 Å². The highest BCUT2D eigenvalue weighted by Gasteiger charge is 2.18. The molecule has 0 aliphatic heterocycles. The van der Waals surface area contributed by atoms with Gasteiger partial charge in [0.05, 0.1) is 6.54 Å². The molecule has 0 spiro atoms. The zero-order chi connectivity index (χ0) is 32.2. The molecule has 0 fully saturated rings. The Balaban J connectivity index is 1.19. The highest BCUT2D eigenvalue weighted by atomic mass is 16.2. The molecule has 0 saturated heterocycles. The average molecular weight is 604 g/mol. The fourth-order valence-corrected chi connectivity index (χ4v) is 5.03. The van der Waals surface area contributed by atoms with E-state index in [-0.39, 0.29) is 23.5 Å². The summed E-state index contributed by atoms with van der Waals surface area (Å²) in [7, 11) is 0. The highest BCUT2D eigenvalue weighted by Crippen LogP contribution is 2.24. The molecule has 0 aromatic heterocycles. The molecule has 4 aromatic carbocycles. The minimum Gasteiger partial charge on any atom is -0.352 e. The number of aryl methyl sites for hydroxylation is 2. The number of anilines is 1. The average Bonchev–Trinajstić information content (AvgIpc) is 3.05. The molecule has 0 aliphatic rings. The van der Waals surface area contributed by atoms with E-state index < -0.39 is 0 Å².